The van der Waals surface area contributed by atoms with Gasteiger partial charge in [0.1, 0.15) is 17.3 Å². The number of ether oxygens (including phenoxy) is 1. The number of benzene rings is 2. The largest absolute Gasteiger partial charge is 0.457 e. The van der Waals surface area contributed by atoms with Crippen molar-refractivity contribution in [1.82, 2.24) is 0 Å². The Morgan fingerprint density at radius 3 is 2.72 bits per heavy atom. The van der Waals surface area contributed by atoms with E-state index in [4.69, 9.17) is 10.6 Å². The Labute approximate surface area is 113 Å². The molecule has 0 radical (unpaired) electrons. The molecule has 3 N–H and O–H groups in total. The van der Waals surface area contributed by atoms with Crippen LogP contribution >= 0.6 is 15.9 Å². The average molecular weight is 311 g/mol. The molecule has 0 atom stereocenters. The van der Waals surface area contributed by atoms with Crippen LogP contribution < -0.4 is 16.0 Å². The fourth-order valence-corrected chi connectivity index (χ4v) is 1.97. The van der Waals surface area contributed by atoms with Crippen molar-refractivity contribution in [3.8, 4) is 11.5 Å². The number of nitrogens with one attached hydrogen (secondary N) is 1. The Morgan fingerprint density at radius 1 is 1.28 bits per heavy atom. The molecule has 2 aromatic carbocycles. The molecule has 0 spiro atoms. The number of hydrazine groups is 1. The lowest BCUT2D eigenvalue weighted by Crippen LogP contribution is -2.07. The molecule has 94 valence electrons. The van der Waals surface area contributed by atoms with Crippen molar-refractivity contribution in [2.75, 3.05) is 5.43 Å². The minimum absolute atomic E-state index is 0.285. The van der Waals surface area contributed by atoms with Crippen molar-refractivity contribution in [2.24, 2.45) is 5.84 Å². The van der Waals surface area contributed by atoms with E-state index in [0.29, 0.717) is 17.1 Å². The van der Waals surface area contributed by atoms with Gasteiger partial charge in [0, 0.05) is 10.0 Å². The van der Waals surface area contributed by atoms with Crippen LogP contribution in [0.1, 0.15) is 5.56 Å². The topological polar surface area (TPSA) is 47.3 Å². The molecule has 0 aromatic heterocycles. The Bertz CT molecular complexity index is 575. The summed E-state index contributed by atoms with van der Waals surface area (Å²) >= 11 is 3.36. The lowest BCUT2D eigenvalue weighted by molar-refractivity contribution is 0.471. The molecule has 0 aliphatic rings. The zero-order valence-electron chi connectivity index (χ0n) is 9.71. The number of hydrogen-bond donors (Lipinski definition) is 2. The Hall–Kier alpha value is -1.59. The predicted octanol–water partition coefficient (Wildman–Crippen LogP) is 3.97. The van der Waals surface area contributed by atoms with Gasteiger partial charge < -0.3 is 10.2 Å². The number of rotatable bonds is 3. The highest BCUT2D eigenvalue weighted by Crippen LogP contribution is 2.31. The molecular formula is C13H12BrFN2O. The molecule has 5 heteroatoms. The van der Waals surface area contributed by atoms with Gasteiger partial charge in [-0.25, -0.2) is 4.39 Å². The van der Waals surface area contributed by atoms with Crippen LogP contribution in [0.2, 0.25) is 0 Å². The van der Waals surface area contributed by atoms with E-state index in [1.165, 1.54) is 6.07 Å². The fourth-order valence-electron chi connectivity index (χ4n) is 1.50. The second-order valence-corrected chi connectivity index (χ2v) is 4.61. The number of nitrogen functional groups attached to an aromatic ring is 1. The molecule has 0 heterocycles. The van der Waals surface area contributed by atoms with E-state index in [9.17, 15) is 4.39 Å². The van der Waals surface area contributed by atoms with Gasteiger partial charge in [-0.2, -0.15) is 0 Å². The summed E-state index contributed by atoms with van der Waals surface area (Å²) in [5.74, 6) is 6.14. The van der Waals surface area contributed by atoms with Crippen LogP contribution in [0.5, 0.6) is 11.5 Å². The van der Waals surface area contributed by atoms with Crippen molar-refractivity contribution in [3.05, 3.63) is 52.3 Å². The minimum Gasteiger partial charge on any atom is -0.457 e. The molecule has 0 aliphatic carbocycles. The highest BCUT2D eigenvalue weighted by Gasteiger charge is 2.07. The summed E-state index contributed by atoms with van der Waals surface area (Å²) in [7, 11) is 0. The molecule has 0 saturated carbocycles. The van der Waals surface area contributed by atoms with E-state index in [2.05, 4.69) is 21.4 Å². The van der Waals surface area contributed by atoms with Crippen molar-refractivity contribution in [1.29, 1.82) is 0 Å². The maximum absolute atomic E-state index is 13.4. The van der Waals surface area contributed by atoms with Gasteiger partial charge in [-0.15, -0.1) is 0 Å². The molecule has 3 nitrogen and oxygen atoms in total. The molecular weight excluding hydrogens is 299 g/mol. The summed E-state index contributed by atoms with van der Waals surface area (Å²) in [5, 5.41) is 0. The van der Waals surface area contributed by atoms with Crippen molar-refractivity contribution < 1.29 is 9.13 Å². The second-order valence-electron chi connectivity index (χ2n) is 3.75. The number of hydrogen-bond acceptors (Lipinski definition) is 3. The molecule has 0 unspecified atom stereocenters. The summed E-state index contributed by atoms with van der Waals surface area (Å²) in [6.45, 7) is 1.68. The first-order valence-corrected chi connectivity index (χ1v) is 6.10. The number of halogens is 2. The fraction of sp³-hybridized carbons (Fsp3) is 0.0769. The van der Waals surface area contributed by atoms with Gasteiger partial charge >= 0.3 is 0 Å². The molecule has 0 fully saturated rings. The Kier molecular flexibility index (Phi) is 3.84. The van der Waals surface area contributed by atoms with Crippen LogP contribution in [0.4, 0.5) is 10.1 Å². The first kappa shape index (κ1) is 12.9. The maximum Gasteiger partial charge on any atom is 0.133 e. The van der Waals surface area contributed by atoms with Gasteiger partial charge in [-0.1, -0.05) is 6.07 Å². The standard InChI is InChI=1S/C13H12BrFN2O/c1-8-11(15)3-2-4-13(8)18-9-5-6-12(17-16)10(14)7-9/h2-7,17H,16H2,1H3. The van der Waals surface area contributed by atoms with Crippen LogP contribution in [0.15, 0.2) is 40.9 Å². The van der Waals surface area contributed by atoms with E-state index >= 15 is 0 Å². The molecule has 0 aliphatic heterocycles. The van der Waals surface area contributed by atoms with Gasteiger partial charge in [0.25, 0.3) is 0 Å². The van der Waals surface area contributed by atoms with E-state index in [1.807, 2.05) is 0 Å². The third kappa shape index (κ3) is 2.63. The van der Waals surface area contributed by atoms with Crippen molar-refractivity contribution in [2.45, 2.75) is 6.92 Å². The highest BCUT2D eigenvalue weighted by molar-refractivity contribution is 9.10. The van der Waals surface area contributed by atoms with E-state index < -0.39 is 0 Å². The molecule has 0 amide bonds. The van der Waals surface area contributed by atoms with Crippen LogP contribution in [0, 0.1) is 12.7 Å². The summed E-state index contributed by atoms with van der Waals surface area (Å²) in [6, 6.07) is 10.0. The number of nitrogens with two attached hydrogens (primary N) is 1. The summed E-state index contributed by atoms with van der Waals surface area (Å²) < 4.78 is 19.8. The molecule has 18 heavy (non-hydrogen) atoms. The van der Waals surface area contributed by atoms with Crippen LogP contribution in [0.3, 0.4) is 0 Å². The molecule has 0 saturated heterocycles. The molecule has 2 aromatic rings. The summed E-state index contributed by atoms with van der Waals surface area (Å²) in [4.78, 5) is 0. The molecule has 0 bridgehead atoms. The third-order valence-electron chi connectivity index (χ3n) is 2.54. The quantitative estimate of drug-likeness (QED) is 0.666. The van der Waals surface area contributed by atoms with Gasteiger partial charge in [-0.3, -0.25) is 5.84 Å². The van der Waals surface area contributed by atoms with Gasteiger partial charge in [0.15, 0.2) is 0 Å². The third-order valence-corrected chi connectivity index (χ3v) is 3.20. The van der Waals surface area contributed by atoms with Gasteiger partial charge in [0.2, 0.25) is 0 Å². The van der Waals surface area contributed by atoms with Crippen LogP contribution in [0.25, 0.3) is 0 Å². The van der Waals surface area contributed by atoms with E-state index in [0.717, 1.165) is 10.2 Å². The first-order chi connectivity index (χ1) is 8.61. The SMILES string of the molecule is Cc1c(F)cccc1Oc1ccc(NN)c(Br)c1. The highest BCUT2D eigenvalue weighted by atomic mass is 79.9. The van der Waals surface area contributed by atoms with Crippen LogP contribution in [-0.4, -0.2) is 0 Å². The first-order valence-electron chi connectivity index (χ1n) is 5.31. The van der Waals surface area contributed by atoms with Crippen molar-refractivity contribution in [3.63, 3.8) is 0 Å². The maximum atomic E-state index is 13.4. The number of anilines is 1. The Balaban J connectivity index is 2.29. The summed E-state index contributed by atoms with van der Waals surface area (Å²) in [5.41, 5.74) is 3.77. The smallest absolute Gasteiger partial charge is 0.133 e. The monoisotopic (exact) mass is 310 g/mol. The minimum atomic E-state index is -0.285. The van der Waals surface area contributed by atoms with Gasteiger partial charge in [-0.05, 0) is 53.2 Å². The van der Waals surface area contributed by atoms with Gasteiger partial charge in [0.05, 0.1) is 5.69 Å². The zero-order valence-corrected chi connectivity index (χ0v) is 11.3. The second kappa shape index (κ2) is 5.37. The normalized spacial score (nSPS) is 10.2. The zero-order chi connectivity index (χ0) is 13.1. The lowest BCUT2D eigenvalue weighted by atomic mass is 10.2. The van der Waals surface area contributed by atoms with E-state index in [1.54, 1.807) is 37.3 Å². The lowest BCUT2D eigenvalue weighted by Gasteiger charge is -2.10. The summed E-state index contributed by atoms with van der Waals surface area (Å²) in [6.07, 6.45) is 0. The predicted molar refractivity (Wildman–Crippen MR) is 73.2 cm³/mol. The van der Waals surface area contributed by atoms with Crippen LogP contribution in [-0.2, 0) is 0 Å². The Morgan fingerprint density at radius 2 is 2.06 bits per heavy atom. The average Bonchev–Trinajstić information content (AvgIpc) is 2.35. The van der Waals surface area contributed by atoms with E-state index in [-0.39, 0.29) is 5.82 Å². The van der Waals surface area contributed by atoms with Crippen molar-refractivity contribution >= 4 is 21.6 Å². The molecule has 2 rings (SSSR count).